The van der Waals surface area contributed by atoms with Crippen LogP contribution >= 0.6 is 0 Å². The van der Waals surface area contributed by atoms with Crippen molar-refractivity contribution in [2.24, 2.45) is 0 Å². The summed E-state index contributed by atoms with van der Waals surface area (Å²) in [6.07, 6.45) is 0. The second-order valence-corrected chi connectivity index (χ2v) is 10.3. The van der Waals surface area contributed by atoms with Crippen molar-refractivity contribution in [3.8, 4) is 0 Å². The van der Waals surface area contributed by atoms with E-state index in [9.17, 15) is 0 Å². The summed E-state index contributed by atoms with van der Waals surface area (Å²) in [6.45, 7) is 18.8. The molecule has 0 aromatic carbocycles. The number of rotatable bonds is 9. The van der Waals surface area contributed by atoms with Gasteiger partial charge in [0.2, 0.25) is 0 Å². The number of hydrogen-bond acceptors (Lipinski definition) is 2. The van der Waals surface area contributed by atoms with Gasteiger partial charge in [-0.05, 0) is 24.2 Å². The molecule has 18 heavy (non-hydrogen) atoms. The van der Waals surface area contributed by atoms with Gasteiger partial charge in [0.1, 0.15) is 0 Å². The van der Waals surface area contributed by atoms with Crippen molar-refractivity contribution >= 4 is 19.4 Å². The molecule has 0 amide bonds. The van der Waals surface area contributed by atoms with Crippen LogP contribution in [0, 0.1) is 0 Å². The summed E-state index contributed by atoms with van der Waals surface area (Å²) in [5, 5.41) is 0. The molecule has 0 radical (unpaired) electrons. The fourth-order valence-corrected chi connectivity index (χ4v) is 7.40. The molecule has 0 aliphatic heterocycles. The van der Waals surface area contributed by atoms with Crippen LogP contribution in [0.3, 0.4) is 0 Å². The van der Waals surface area contributed by atoms with Crippen LogP contribution in [0.5, 0.6) is 0 Å². The summed E-state index contributed by atoms with van der Waals surface area (Å²) in [7, 11) is -0.0407. The van der Waals surface area contributed by atoms with Crippen LogP contribution in [-0.4, -0.2) is 52.7 Å². The van der Waals surface area contributed by atoms with E-state index in [1.807, 2.05) is 0 Å². The first-order chi connectivity index (χ1) is 8.27. The van der Waals surface area contributed by atoms with E-state index >= 15 is 0 Å². The third kappa shape index (κ3) is 7.07. The summed E-state index contributed by atoms with van der Waals surface area (Å²) in [5.41, 5.74) is 0. The summed E-state index contributed by atoms with van der Waals surface area (Å²) in [4.78, 5) is 0. The molecule has 0 rings (SSSR count). The second kappa shape index (κ2) is 9.29. The molecule has 0 heterocycles. The highest BCUT2D eigenvalue weighted by Crippen LogP contribution is 2.08. The molecule has 110 valence electrons. The summed E-state index contributed by atoms with van der Waals surface area (Å²) in [6, 6.07) is 5.99. The zero-order valence-corrected chi connectivity index (χ0v) is 16.9. The first-order valence-corrected chi connectivity index (χ1v) is 11.0. The fourth-order valence-electron chi connectivity index (χ4n) is 2.81. The average molecular weight is 289 g/mol. The van der Waals surface area contributed by atoms with E-state index in [1.165, 1.54) is 12.1 Å². The highest BCUT2D eigenvalue weighted by Gasteiger charge is 2.15. The predicted octanol–water partition coefficient (Wildman–Crippen LogP) is 2.23. The summed E-state index contributed by atoms with van der Waals surface area (Å²) < 4.78 is 5.51. The molecule has 4 heteroatoms. The van der Waals surface area contributed by atoms with Gasteiger partial charge >= 0.3 is 0 Å². The molecule has 0 atom stereocenters. The predicted molar refractivity (Wildman–Crippen MR) is 90.9 cm³/mol. The van der Waals surface area contributed by atoms with Crippen molar-refractivity contribution in [3.63, 3.8) is 0 Å². The van der Waals surface area contributed by atoms with Crippen LogP contribution < -0.4 is 0 Å². The highest BCUT2D eigenvalue weighted by molar-refractivity contribution is 6.39. The first kappa shape index (κ1) is 18.4. The lowest BCUT2D eigenvalue weighted by molar-refractivity contribution is 0.308. The molecule has 0 unspecified atom stereocenters. The Morgan fingerprint density at radius 1 is 0.556 bits per heavy atom. The Balaban J connectivity index is 3.96. The van der Waals surface area contributed by atoms with Crippen molar-refractivity contribution in [1.29, 1.82) is 0 Å². The van der Waals surface area contributed by atoms with Crippen LogP contribution in [-0.2, 0) is 0 Å². The van der Waals surface area contributed by atoms with Crippen LogP contribution in [0.25, 0.3) is 0 Å². The quantitative estimate of drug-likeness (QED) is 0.474. The van der Waals surface area contributed by atoms with Crippen LogP contribution in [0.1, 0.15) is 55.4 Å². The van der Waals surface area contributed by atoms with Gasteiger partial charge in [-0.3, -0.25) is 0 Å². The zero-order valence-electron chi connectivity index (χ0n) is 14.0. The molecule has 0 spiro atoms. The second-order valence-electron chi connectivity index (χ2n) is 6.56. The van der Waals surface area contributed by atoms with Gasteiger partial charge in [-0.15, -0.1) is 0 Å². The lowest BCUT2D eigenvalue weighted by Crippen LogP contribution is -2.42. The molecule has 2 nitrogen and oxygen atoms in total. The van der Waals surface area contributed by atoms with Gasteiger partial charge in [-0.25, -0.2) is 0 Å². The Labute approximate surface area is 120 Å². The standard InChI is InChI=1S/C14H36N2Si2/c1-11(2)15(12(3)4)17-9-10-18-16(13(5)6)14(7)8/h11-14H,9-10,17-18H2,1-8H3. The molecule has 0 saturated heterocycles. The number of hydrogen-bond donors (Lipinski definition) is 0. The Hall–Kier alpha value is 0.354. The maximum absolute atomic E-state index is 2.75. The molecule has 0 aromatic heterocycles. The molecule has 0 fully saturated rings. The zero-order chi connectivity index (χ0) is 14.3. The SMILES string of the molecule is CC(C)N([SiH2]CC[SiH2]N(C(C)C)C(C)C)C(C)C. The topological polar surface area (TPSA) is 6.48 Å². The third-order valence-corrected chi connectivity index (χ3v) is 10.3. The van der Waals surface area contributed by atoms with Crippen LogP contribution in [0.15, 0.2) is 0 Å². The minimum absolute atomic E-state index is 0.0204. The largest absolute Gasteiger partial charge is 0.325 e. The molecule has 0 N–H and O–H groups in total. The average Bonchev–Trinajstić information content (AvgIpc) is 2.20. The maximum Gasteiger partial charge on any atom is 0.0954 e. The highest BCUT2D eigenvalue weighted by atomic mass is 28.2. The normalized spacial score (nSPS) is 14.3. The van der Waals surface area contributed by atoms with Crippen molar-refractivity contribution < 1.29 is 0 Å². The molecular formula is C14H36N2Si2. The first-order valence-electron chi connectivity index (χ1n) is 7.78. The van der Waals surface area contributed by atoms with Gasteiger partial charge < -0.3 is 9.13 Å². The van der Waals surface area contributed by atoms with Crippen LogP contribution in [0.4, 0.5) is 0 Å². The van der Waals surface area contributed by atoms with Crippen molar-refractivity contribution in [3.05, 3.63) is 0 Å². The fraction of sp³-hybridized carbons (Fsp3) is 1.00. The van der Waals surface area contributed by atoms with E-state index in [1.54, 1.807) is 0 Å². The Bertz CT molecular complexity index is 168. The summed E-state index contributed by atoms with van der Waals surface area (Å²) in [5.74, 6) is 0. The van der Waals surface area contributed by atoms with Gasteiger partial charge in [0.05, 0.1) is 19.4 Å². The minimum Gasteiger partial charge on any atom is -0.325 e. The third-order valence-electron chi connectivity index (χ3n) is 3.74. The van der Waals surface area contributed by atoms with Gasteiger partial charge in [-0.2, -0.15) is 0 Å². The van der Waals surface area contributed by atoms with E-state index in [4.69, 9.17) is 0 Å². The maximum atomic E-state index is 2.75. The smallest absolute Gasteiger partial charge is 0.0954 e. The van der Waals surface area contributed by atoms with Crippen LogP contribution in [0.2, 0.25) is 12.1 Å². The van der Waals surface area contributed by atoms with Gasteiger partial charge in [-0.1, -0.05) is 67.5 Å². The Morgan fingerprint density at radius 3 is 0.944 bits per heavy atom. The molecule has 0 aliphatic carbocycles. The molecule has 0 saturated carbocycles. The minimum atomic E-state index is -0.0204. The summed E-state index contributed by atoms with van der Waals surface area (Å²) >= 11 is 0. The molecule has 0 aromatic rings. The molecular weight excluding hydrogens is 252 g/mol. The molecule has 0 aliphatic rings. The monoisotopic (exact) mass is 288 g/mol. The van der Waals surface area contributed by atoms with E-state index in [0.29, 0.717) is 0 Å². The van der Waals surface area contributed by atoms with E-state index < -0.39 is 0 Å². The molecule has 0 bridgehead atoms. The van der Waals surface area contributed by atoms with Gasteiger partial charge in [0, 0.05) is 0 Å². The van der Waals surface area contributed by atoms with E-state index in [0.717, 1.165) is 24.2 Å². The van der Waals surface area contributed by atoms with Crippen molar-refractivity contribution in [2.75, 3.05) is 0 Å². The van der Waals surface area contributed by atoms with E-state index in [-0.39, 0.29) is 19.4 Å². The van der Waals surface area contributed by atoms with Gasteiger partial charge in [0.25, 0.3) is 0 Å². The van der Waals surface area contributed by atoms with Crippen molar-refractivity contribution in [2.45, 2.75) is 91.6 Å². The Kier molecular flexibility index (Phi) is 9.47. The lowest BCUT2D eigenvalue weighted by atomic mass is 10.3. The number of nitrogens with zero attached hydrogens (tertiary/aromatic N) is 2. The Morgan fingerprint density at radius 2 is 0.778 bits per heavy atom. The van der Waals surface area contributed by atoms with Crippen molar-refractivity contribution in [1.82, 2.24) is 9.13 Å². The van der Waals surface area contributed by atoms with Gasteiger partial charge in [0.15, 0.2) is 0 Å². The lowest BCUT2D eigenvalue weighted by Gasteiger charge is -2.32. The van der Waals surface area contributed by atoms with E-state index in [2.05, 4.69) is 64.5 Å².